The summed E-state index contributed by atoms with van der Waals surface area (Å²) in [6.45, 7) is 0. The largest absolute Gasteiger partial charge is 1.00 e. The molecule has 3 rings (SSSR count). The zero-order valence-corrected chi connectivity index (χ0v) is 12.8. The van der Waals surface area contributed by atoms with E-state index in [1.54, 1.807) is 14.2 Å². The molecule has 20 heavy (non-hydrogen) atoms. The van der Waals surface area contributed by atoms with Crippen LogP contribution in [0.5, 0.6) is 11.5 Å². The molecule has 2 aromatic heterocycles. The van der Waals surface area contributed by atoms with E-state index in [9.17, 15) is 0 Å². The van der Waals surface area contributed by atoms with Crippen LogP contribution >= 0.6 is 0 Å². The van der Waals surface area contributed by atoms with Crippen molar-refractivity contribution in [3.05, 3.63) is 48.8 Å². The van der Waals surface area contributed by atoms with Gasteiger partial charge in [0.2, 0.25) is 0 Å². The molecule has 2 heterocycles. The molecule has 3 aromatic rings. The van der Waals surface area contributed by atoms with Gasteiger partial charge in [-0.15, -0.1) is 0 Å². The van der Waals surface area contributed by atoms with Crippen LogP contribution < -0.4 is 26.5 Å². The van der Waals surface area contributed by atoms with Gasteiger partial charge in [-0.25, -0.2) is 4.98 Å². The van der Waals surface area contributed by atoms with Crippen molar-refractivity contribution in [1.29, 1.82) is 0 Å². The van der Waals surface area contributed by atoms with Crippen molar-refractivity contribution in [2.45, 2.75) is 0 Å². The van der Waals surface area contributed by atoms with E-state index in [-0.39, 0.29) is 17.0 Å². The Balaban J connectivity index is 0.00000147. The molecule has 104 valence electrons. The summed E-state index contributed by atoms with van der Waals surface area (Å²) in [6, 6.07) is 11.7. The van der Waals surface area contributed by atoms with Gasteiger partial charge in [0.15, 0.2) is 11.5 Å². The Morgan fingerprint density at radius 2 is 1.80 bits per heavy atom. The molecule has 0 aliphatic carbocycles. The molecule has 1 aromatic carbocycles. The molecule has 5 heteroatoms. The highest BCUT2D eigenvalue weighted by Gasteiger charge is 2.08. The third-order valence-corrected chi connectivity index (χ3v) is 3.04. The highest BCUT2D eigenvalue weighted by atomic mass is 79.9. The van der Waals surface area contributed by atoms with Crippen LogP contribution in [0.25, 0.3) is 16.9 Å². The maximum absolute atomic E-state index is 5.31. The molecule has 0 bridgehead atoms. The first kappa shape index (κ1) is 14.4. The molecule has 0 unspecified atom stereocenters. The summed E-state index contributed by atoms with van der Waals surface area (Å²) in [6.07, 6.45) is 3.98. The molecule has 0 amide bonds. The van der Waals surface area contributed by atoms with Crippen molar-refractivity contribution in [1.82, 2.24) is 9.38 Å². The molecule has 0 atom stereocenters. The molecule has 0 spiro atoms. The Kier molecular flexibility index (Phi) is 4.29. The number of hydrogen-bond donors (Lipinski definition) is 0. The molecule has 0 aliphatic heterocycles. The number of rotatable bonds is 3. The Labute approximate surface area is 127 Å². The minimum Gasteiger partial charge on any atom is -1.00 e. The Morgan fingerprint density at radius 3 is 2.50 bits per heavy atom. The third kappa shape index (κ3) is 2.49. The van der Waals surface area contributed by atoms with Crippen molar-refractivity contribution in [2.24, 2.45) is 0 Å². The van der Waals surface area contributed by atoms with Gasteiger partial charge in [0.25, 0.3) is 0 Å². The summed E-state index contributed by atoms with van der Waals surface area (Å²) >= 11 is 0. The number of aromatic nitrogens is 2. The number of nitrogens with zero attached hydrogens (tertiary/aromatic N) is 2. The molecule has 0 saturated heterocycles. The second-order valence-corrected chi connectivity index (χ2v) is 4.16. The van der Waals surface area contributed by atoms with E-state index in [1.807, 2.05) is 53.2 Å². The van der Waals surface area contributed by atoms with E-state index in [2.05, 4.69) is 4.98 Å². The van der Waals surface area contributed by atoms with Crippen molar-refractivity contribution in [2.75, 3.05) is 14.2 Å². The smallest absolute Gasteiger partial charge is 0.161 e. The Hall–Kier alpha value is -2.01. The lowest BCUT2D eigenvalue weighted by Crippen LogP contribution is -3.00. The van der Waals surface area contributed by atoms with E-state index in [0.717, 1.165) is 22.7 Å². The van der Waals surface area contributed by atoms with Crippen LogP contribution in [-0.2, 0) is 0 Å². The van der Waals surface area contributed by atoms with Crippen LogP contribution in [-0.4, -0.2) is 23.6 Å². The number of methoxy groups -OCH3 is 2. The number of pyridine rings is 1. The summed E-state index contributed by atoms with van der Waals surface area (Å²) in [7, 11) is 3.26. The van der Waals surface area contributed by atoms with Crippen LogP contribution in [0.3, 0.4) is 0 Å². The van der Waals surface area contributed by atoms with Crippen molar-refractivity contribution >= 4 is 5.65 Å². The summed E-state index contributed by atoms with van der Waals surface area (Å²) in [5.74, 6) is 1.42. The van der Waals surface area contributed by atoms with Crippen molar-refractivity contribution in [3.63, 3.8) is 0 Å². The van der Waals surface area contributed by atoms with Gasteiger partial charge in [-0.3, -0.25) is 0 Å². The third-order valence-electron chi connectivity index (χ3n) is 3.04. The summed E-state index contributed by atoms with van der Waals surface area (Å²) in [5.41, 5.74) is 2.83. The normalized spacial score (nSPS) is 10.1. The standard InChI is InChI=1S/C15H14N2O2.BrH/c1-18-13-7-6-11(9-14(13)19-2)12-10-17-8-4-3-5-15(17)16-12;/h3-10H,1-2H3;1H/p-1. The molecule has 0 radical (unpaired) electrons. The zero-order valence-electron chi connectivity index (χ0n) is 11.2. The van der Waals surface area contributed by atoms with Crippen molar-refractivity contribution in [3.8, 4) is 22.8 Å². The van der Waals surface area contributed by atoms with E-state index in [0.29, 0.717) is 5.75 Å². The average Bonchev–Trinajstić information content (AvgIpc) is 2.90. The Bertz CT molecular complexity index is 692. The van der Waals surface area contributed by atoms with Gasteiger partial charge >= 0.3 is 0 Å². The molecule has 0 fully saturated rings. The minimum atomic E-state index is 0. The van der Waals surface area contributed by atoms with Crippen LogP contribution in [0.1, 0.15) is 0 Å². The van der Waals surface area contributed by atoms with Gasteiger partial charge in [0, 0.05) is 18.0 Å². The van der Waals surface area contributed by atoms with E-state index >= 15 is 0 Å². The van der Waals surface area contributed by atoms with E-state index < -0.39 is 0 Å². The van der Waals surface area contributed by atoms with Gasteiger partial charge in [-0.2, -0.15) is 0 Å². The fraction of sp³-hybridized carbons (Fsp3) is 0.133. The molecular weight excluding hydrogens is 320 g/mol. The topological polar surface area (TPSA) is 35.8 Å². The first-order chi connectivity index (χ1) is 9.31. The number of benzene rings is 1. The average molecular weight is 334 g/mol. The molecule has 4 nitrogen and oxygen atoms in total. The van der Waals surface area contributed by atoms with Gasteiger partial charge in [0.1, 0.15) is 5.65 Å². The van der Waals surface area contributed by atoms with E-state index in [1.165, 1.54) is 0 Å². The number of hydrogen-bond acceptors (Lipinski definition) is 3. The monoisotopic (exact) mass is 333 g/mol. The Morgan fingerprint density at radius 1 is 1.00 bits per heavy atom. The predicted octanol–water partition coefficient (Wildman–Crippen LogP) is 0.0225. The second-order valence-electron chi connectivity index (χ2n) is 4.16. The maximum atomic E-state index is 5.31. The molecule has 0 aliphatic rings. The first-order valence-corrected chi connectivity index (χ1v) is 5.98. The number of halogens is 1. The SMILES string of the molecule is COc1ccc(-c2cn3ccccc3n2)cc1OC.[Br-]. The summed E-state index contributed by atoms with van der Waals surface area (Å²) < 4.78 is 12.5. The first-order valence-electron chi connectivity index (χ1n) is 5.98. The summed E-state index contributed by atoms with van der Waals surface area (Å²) in [4.78, 5) is 4.58. The molecule has 0 saturated carbocycles. The van der Waals surface area contributed by atoms with Crippen LogP contribution in [0.2, 0.25) is 0 Å². The summed E-state index contributed by atoms with van der Waals surface area (Å²) in [5, 5.41) is 0. The van der Waals surface area contributed by atoms with Crippen molar-refractivity contribution < 1.29 is 26.5 Å². The van der Waals surface area contributed by atoms with Gasteiger partial charge < -0.3 is 30.9 Å². The van der Waals surface area contributed by atoms with Gasteiger partial charge in [0.05, 0.1) is 19.9 Å². The lowest BCUT2D eigenvalue weighted by molar-refractivity contribution is -0.00000441. The second kappa shape index (κ2) is 5.96. The quantitative estimate of drug-likeness (QED) is 0.678. The van der Waals surface area contributed by atoms with Crippen LogP contribution in [0, 0.1) is 0 Å². The fourth-order valence-corrected chi connectivity index (χ4v) is 2.07. The molecular formula is C15H14BrN2O2-. The van der Waals surface area contributed by atoms with Gasteiger partial charge in [-0.1, -0.05) is 6.07 Å². The minimum absolute atomic E-state index is 0. The molecule has 0 N–H and O–H groups in total. The maximum Gasteiger partial charge on any atom is 0.161 e. The van der Waals surface area contributed by atoms with E-state index in [4.69, 9.17) is 9.47 Å². The predicted molar refractivity (Wildman–Crippen MR) is 73.7 cm³/mol. The highest BCUT2D eigenvalue weighted by molar-refractivity contribution is 5.66. The number of ether oxygens (including phenoxy) is 2. The lowest BCUT2D eigenvalue weighted by atomic mass is 10.1. The zero-order chi connectivity index (χ0) is 13.2. The highest BCUT2D eigenvalue weighted by Crippen LogP contribution is 2.31. The lowest BCUT2D eigenvalue weighted by Gasteiger charge is -2.08. The van der Waals surface area contributed by atoms with Crippen LogP contribution in [0.15, 0.2) is 48.8 Å². The fourth-order valence-electron chi connectivity index (χ4n) is 2.07. The van der Waals surface area contributed by atoms with Gasteiger partial charge in [-0.05, 0) is 30.3 Å². The van der Waals surface area contributed by atoms with Crippen LogP contribution in [0.4, 0.5) is 0 Å². The number of imidazole rings is 1. The number of fused-ring (bicyclic) bond motifs is 1.